The van der Waals surface area contributed by atoms with Crippen molar-refractivity contribution in [1.82, 2.24) is 9.88 Å². The highest BCUT2D eigenvalue weighted by molar-refractivity contribution is 6.35. The van der Waals surface area contributed by atoms with E-state index in [2.05, 4.69) is 11.8 Å². The molecule has 3 nitrogen and oxygen atoms in total. The number of likely N-dealkylation sites (N-methyl/N-ethyl adjacent to an activating group) is 1. The summed E-state index contributed by atoms with van der Waals surface area (Å²) in [6.45, 7) is 5.13. The average molecular weight is 277 g/mol. The average Bonchev–Trinajstić information content (AvgIpc) is 2.45. The van der Waals surface area contributed by atoms with Gasteiger partial charge in [0.05, 0.1) is 17.1 Å². The van der Waals surface area contributed by atoms with E-state index < -0.39 is 0 Å². The number of pyridine rings is 1. The maximum absolute atomic E-state index is 9.75. The van der Waals surface area contributed by atoms with Crippen molar-refractivity contribution in [3.05, 3.63) is 40.0 Å². The van der Waals surface area contributed by atoms with E-state index in [9.17, 15) is 5.11 Å². The first kappa shape index (κ1) is 12.9. The van der Waals surface area contributed by atoms with Crippen molar-refractivity contribution in [3.8, 4) is 0 Å². The van der Waals surface area contributed by atoms with E-state index in [1.165, 1.54) is 5.56 Å². The lowest BCUT2D eigenvalue weighted by Crippen LogP contribution is -2.31. The zero-order chi connectivity index (χ0) is 13.4. The zero-order valence-electron chi connectivity index (χ0n) is 11.0. The lowest BCUT2D eigenvalue weighted by atomic mass is 9.96. The molecule has 0 radical (unpaired) electrons. The van der Waals surface area contributed by atoms with Crippen molar-refractivity contribution in [2.24, 2.45) is 0 Å². The molecule has 1 aliphatic rings. The van der Waals surface area contributed by atoms with Crippen molar-refractivity contribution >= 4 is 22.5 Å². The minimum Gasteiger partial charge on any atom is -0.392 e. The third-order valence-electron chi connectivity index (χ3n) is 3.92. The molecule has 100 valence electrons. The summed E-state index contributed by atoms with van der Waals surface area (Å²) >= 11 is 6.23. The van der Waals surface area contributed by atoms with Gasteiger partial charge >= 0.3 is 0 Å². The van der Waals surface area contributed by atoms with Gasteiger partial charge in [-0.1, -0.05) is 30.7 Å². The zero-order valence-corrected chi connectivity index (χ0v) is 11.7. The fourth-order valence-corrected chi connectivity index (χ4v) is 3.04. The van der Waals surface area contributed by atoms with Crippen molar-refractivity contribution in [2.45, 2.75) is 26.5 Å². The molecule has 1 aliphatic heterocycles. The van der Waals surface area contributed by atoms with Crippen LogP contribution in [0.4, 0.5) is 0 Å². The fourth-order valence-electron chi connectivity index (χ4n) is 2.82. The third kappa shape index (κ3) is 2.12. The SMILES string of the molecule is CCN1CCc2nc3c(Cl)cccc3c(CO)c2C1. The predicted octanol–water partition coefficient (Wildman–Crippen LogP) is 2.76. The topological polar surface area (TPSA) is 36.4 Å². The number of nitrogens with zero attached hydrogens (tertiary/aromatic N) is 2. The number of hydrogen-bond acceptors (Lipinski definition) is 3. The Labute approximate surface area is 117 Å². The highest BCUT2D eigenvalue weighted by atomic mass is 35.5. The molecule has 0 spiro atoms. The summed E-state index contributed by atoms with van der Waals surface area (Å²) in [6.07, 6.45) is 0.928. The summed E-state index contributed by atoms with van der Waals surface area (Å²) in [5.74, 6) is 0. The van der Waals surface area contributed by atoms with Crippen molar-refractivity contribution in [2.75, 3.05) is 13.1 Å². The van der Waals surface area contributed by atoms with Gasteiger partial charge in [0.15, 0.2) is 0 Å². The molecule has 1 N–H and O–H groups in total. The number of benzene rings is 1. The monoisotopic (exact) mass is 276 g/mol. The second-order valence-electron chi connectivity index (χ2n) is 4.93. The highest BCUT2D eigenvalue weighted by Crippen LogP contribution is 2.31. The summed E-state index contributed by atoms with van der Waals surface area (Å²) in [4.78, 5) is 7.10. The van der Waals surface area contributed by atoms with Gasteiger partial charge in [0.1, 0.15) is 0 Å². The Balaban J connectivity index is 2.26. The first-order valence-electron chi connectivity index (χ1n) is 6.66. The number of para-hydroxylation sites is 1. The van der Waals surface area contributed by atoms with Crippen LogP contribution >= 0.6 is 11.6 Å². The lowest BCUT2D eigenvalue weighted by molar-refractivity contribution is 0.252. The van der Waals surface area contributed by atoms with Crippen molar-refractivity contribution < 1.29 is 5.11 Å². The van der Waals surface area contributed by atoms with E-state index in [-0.39, 0.29) is 6.61 Å². The summed E-state index contributed by atoms with van der Waals surface area (Å²) in [7, 11) is 0. The van der Waals surface area contributed by atoms with Crippen LogP contribution in [0.1, 0.15) is 23.7 Å². The molecule has 1 aromatic carbocycles. The van der Waals surface area contributed by atoms with E-state index >= 15 is 0 Å². The van der Waals surface area contributed by atoms with Crippen molar-refractivity contribution in [3.63, 3.8) is 0 Å². The van der Waals surface area contributed by atoms with Gasteiger partial charge in [-0.3, -0.25) is 9.88 Å². The fraction of sp³-hybridized carbons (Fsp3) is 0.400. The summed E-state index contributed by atoms with van der Waals surface area (Å²) in [5, 5.41) is 11.4. The second kappa shape index (κ2) is 5.08. The van der Waals surface area contributed by atoms with E-state index in [4.69, 9.17) is 16.6 Å². The number of halogens is 1. The Kier molecular flexibility index (Phi) is 3.44. The summed E-state index contributed by atoms with van der Waals surface area (Å²) in [6, 6.07) is 5.76. The smallest absolute Gasteiger partial charge is 0.0895 e. The van der Waals surface area contributed by atoms with E-state index in [0.29, 0.717) is 5.02 Å². The Hall–Kier alpha value is -1.16. The molecule has 0 fully saturated rings. The molecule has 2 aromatic rings. The van der Waals surface area contributed by atoms with Crippen LogP contribution in [0.2, 0.25) is 5.02 Å². The molecule has 0 saturated heterocycles. The van der Waals surface area contributed by atoms with Crippen molar-refractivity contribution in [1.29, 1.82) is 0 Å². The Morgan fingerprint density at radius 3 is 3.00 bits per heavy atom. The third-order valence-corrected chi connectivity index (χ3v) is 4.23. The van der Waals surface area contributed by atoms with Gasteiger partial charge in [-0.2, -0.15) is 0 Å². The minimum absolute atomic E-state index is 0.0409. The Morgan fingerprint density at radius 2 is 2.26 bits per heavy atom. The van der Waals surface area contributed by atoms with E-state index in [1.807, 2.05) is 18.2 Å². The van der Waals surface area contributed by atoms with Gasteiger partial charge in [-0.05, 0) is 23.7 Å². The predicted molar refractivity (Wildman–Crippen MR) is 77.3 cm³/mol. The standard InChI is InChI=1S/C15H17ClN2O/c1-2-18-7-6-14-11(8-18)12(9-19)10-4-3-5-13(16)15(10)17-14/h3-5,19H,2,6-9H2,1H3. The van der Waals surface area contributed by atoms with E-state index in [0.717, 1.165) is 48.2 Å². The van der Waals surface area contributed by atoms with Crippen LogP contribution < -0.4 is 0 Å². The Bertz CT molecular complexity index is 627. The van der Waals surface area contributed by atoms with Crippen LogP contribution in [-0.2, 0) is 19.6 Å². The molecule has 19 heavy (non-hydrogen) atoms. The van der Waals surface area contributed by atoms with Crippen LogP contribution in [0.5, 0.6) is 0 Å². The van der Waals surface area contributed by atoms with Crippen LogP contribution in [-0.4, -0.2) is 28.1 Å². The molecular formula is C15H17ClN2O. The van der Waals surface area contributed by atoms with Crippen LogP contribution in [0, 0.1) is 0 Å². The highest BCUT2D eigenvalue weighted by Gasteiger charge is 2.21. The summed E-state index contributed by atoms with van der Waals surface area (Å²) in [5.41, 5.74) is 4.08. The van der Waals surface area contributed by atoms with Gasteiger partial charge in [-0.15, -0.1) is 0 Å². The van der Waals surface area contributed by atoms with Gasteiger partial charge < -0.3 is 5.11 Å². The number of aromatic nitrogens is 1. The van der Waals surface area contributed by atoms with Gasteiger partial charge in [0.2, 0.25) is 0 Å². The largest absolute Gasteiger partial charge is 0.392 e. The maximum atomic E-state index is 9.75. The molecule has 3 rings (SSSR count). The lowest BCUT2D eigenvalue weighted by Gasteiger charge is -2.29. The number of hydrogen-bond donors (Lipinski definition) is 1. The minimum atomic E-state index is 0.0409. The quantitative estimate of drug-likeness (QED) is 0.916. The molecule has 4 heteroatoms. The van der Waals surface area contributed by atoms with Crippen LogP contribution in [0.3, 0.4) is 0 Å². The normalized spacial score (nSPS) is 15.7. The van der Waals surface area contributed by atoms with E-state index in [1.54, 1.807) is 0 Å². The van der Waals surface area contributed by atoms with Crippen LogP contribution in [0.15, 0.2) is 18.2 Å². The Morgan fingerprint density at radius 1 is 1.42 bits per heavy atom. The molecule has 0 atom stereocenters. The second-order valence-corrected chi connectivity index (χ2v) is 5.34. The first-order valence-corrected chi connectivity index (χ1v) is 7.04. The molecule has 0 unspecified atom stereocenters. The number of aliphatic hydroxyl groups is 1. The molecule has 0 amide bonds. The van der Waals surface area contributed by atoms with Gasteiger partial charge in [-0.25, -0.2) is 0 Å². The molecule has 1 aromatic heterocycles. The molecular weight excluding hydrogens is 260 g/mol. The molecule has 0 aliphatic carbocycles. The molecule has 0 bridgehead atoms. The first-order chi connectivity index (χ1) is 9.24. The molecule has 0 saturated carbocycles. The van der Waals surface area contributed by atoms with Gasteiger partial charge in [0, 0.05) is 30.6 Å². The molecule has 2 heterocycles. The maximum Gasteiger partial charge on any atom is 0.0895 e. The summed E-state index contributed by atoms with van der Waals surface area (Å²) < 4.78 is 0. The van der Waals surface area contributed by atoms with Gasteiger partial charge in [0.25, 0.3) is 0 Å². The number of rotatable bonds is 2. The number of aliphatic hydroxyl groups excluding tert-OH is 1. The van der Waals surface area contributed by atoms with Crippen LogP contribution in [0.25, 0.3) is 10.9 Å². The number of fused-ring (bicyclic) bond motifs is 2.